The Kier molecular flexibility index (Phi) is 3.90. The van der Waals surface area contributed by atoms with Crippen LogP contribution in [0.2, 0.25) is 0 Å². The standard InChI is InChI=1S/C16H24N6O/c1-20-8-13(7-17-20)9-22-6-5-14-16(18-19-21(14)2)15(22)11-23-10-12-3-4-12/h7-8,12,15H,3-6,9-11H2,1-2H3/t15-/m1/s1. The Morgan fingerprint density at radius 2 is 2.13 bits per heavy atom. The quantitative estimate of drug-likeness (QED) is 0.798. The molecule has 1 aliphatic heterocycles. The molecule has 1 fully saturated rings. The Labute approximate surface area is 136 Å². The summed E-state index contributed by atoms with van der Waals surface area (Å²) in [6, 6.07) is 0.186. The molecule has 23 heavy (non-hydrogen) atoms. The van der Waals surface area contributed by atoms with Crippen molar-refractivity contribution in [1.29, 1.82) is 0 Å². The third-order valence-electron chi connectivity index (χ3n) is 4.84. The molecule has 0 saturated heterocycles. The molecule has 3 heterocycles. The van der Waals surface area contributed by atoms with E-state index in [9.17, 15) is 0 Å². The molecular weight excluding hydrogens is 292 g/mol. The maximum Gasteiger partial charge on any atom is 0.105 e. The lowest BCUT2D eigenvalue weighted by Gasteiger charge is -2.34. The molecule has 2 aromatic heterocycles. The maximum atomic E-state index is 6.00. The molecule has 0 bridgehead atoms. The van der Waals surface area contributed by atoms with E-state index in [2.05, 4.69) is 26.5 Å². The van der Waals surface area contributed by atoms with E-state index < -0.39 is 0 Å². The van der Waals surface area contributed by atoms with Crippen molar-refractivity contribution in [3.63, 3.8) is 0 Å². The van der Waals surface area contributed by atoms with Gasteiger partial charge in [0, 0.05) is 52.0 Å². The Morgan fingerprint density at radius 1 is 1.26 bits per heavy atom. The number of hydrogen-bond acceptors (Lipinski definition) is 5. The monoisotopic (exact) mass is 316 g/mol. The van der Waals surface area contributed by atoms with Gasteiger partial charge in [-0.2, -0.15) is 5.10 Å². The van der Waals surface area contributed by atoms with E-state index in [4.69, 9.17) is 4.74 Å². The molecule has 0 radical (unpaired) electrons. The number of ether oxygens (including phenoxy) is 1. The molecule has 1 atom stereocenters. The van der Waals surface area contributed by atoms with E-state index >= 15 is 0 Å². The first-order chi connectivity index (χ1) is 11.2. The average Bonchev–Trinajstić information content (AvgIpc) is 3.16. The first-order valence-electron chi connectivity index (χ1n) is 8.38. The van der Waals surface area contributed by atoms with Crippen LogP contribution in [0, 0.1) is 5.92 Å². The minimum absolute atomic E-state index is 0.186. The molecule has 0 amide bonds. The van der Waals surface area contributed by atoms with Crippen LogP contribution in [-0.2, 0) is 31.8 Å². The second-order valence-corrected chi connectivity index (χ2v) is 6.78. The predicted octanol–water partition coefficient (Wildman–Crippen LogP) is 1.07. The summed E-state index contributed by atoms with van der Waals surface area (Å²) in [5.41, 5.74) is 3.55. The van der Waals surface area contributed by atoms with Gasteiger partial charge in [0.1, 0.15) is 5.69 Å². The summed E-state index contributed by atoms with van der Waals surface area (Å²) in [4.78, 5) is 2.45. The molecular formula is C16H24N6O. The highest BCUT2D eigenvalue weighted by Crippen LogP contribution is 2.32. The molecule has 1 aliphatic carbocycles. The fourth-order valence-corrected chi connectivity index (χ4v) is 3.31. The Balaban J connectivity index is 1.51. The van der Waals surface area contributed by atoms with Gasteiger partial charge in [-0.1, -0.05) is 5.21 Å². The van der Waals surface area contributed by atoms with Gasteiger partial charge in [-0.25, -0.2) is 0 Å². The van der Waals surface area contributed by atoms with Crippen LogP contribution in [-0.4, -0.2) is 49.4 Å². The van der Waals surface area contributed by atoms with E-state index in [1.807, 2.05) is 29.7 Å². The zero-order valence-electron chi connectivity index (χ0n) is 13.9. The second-order valence-electron chi connectivity index (χ2n) is 6.78. The van der Waals surface area contributed by atoms with E-state index in [0.29, 0.717) is 6.61 Å². The van der Waals surface area contributed by atoms with Crippen molar-refractivity contribution in [3.8, 4) is 0 Å². The highest BCUT2D eigenvalue weighted by atomic mass is 16.5. The topological polar surface area (TPSA) is 61.0 Å². The molecule has 7 nitrogen and oxygen atoms in total. The lowest BCUT2D eigenvalue weighted by molar-refractivity contribution is 0.0425. The van der Waals surface area contributed by atoms with Gasteiger partial charge in [0.2, 0.25) is 0 Å². The van der Waals surface area contributed by atoms with Gasteiger partial charge in [-0.05, 0) is 18.8 Å². The van der Waals surface area contributed by atoms with E-state index in [-0.39, 0.29) is 6.04 Å². The summed E-state index contributed by atoms with van der Waals surface area (Å²) in [6.07, 6.45) is 7.64. The largest absolute Gasteiger partial charge is 0.379 e. The minimum Gasteiger partial charge on any atom is -0.379 e. The van der Waals surface area contributed by atoms with E-state index in [0.717, 1.165) is 37.7 Å². The van der Waals surface area contributed by atoms with Gasteiger partial charge in [-0.15, -0.1) is 5.10 Å². The fraction of sp³-hybridized carbons (Fsp3) is 0.688. The van der Waals surface area contributed by atoms with Gasteiger partial charge < -0.3 is 4.74 Å². The molecule has 124 valence electrons. The highest BCUT2D eigenvalue weighted by Gasteiger charge is 2.32. The molecule has 1 saturated carbocycles. The number of rotatable bonds is 6. The van der Waals surface area contributed by atoms with Gasteiger partial charge in [-0.3, -0.25) is 14.3 Å². The van der Waals surface area contributed by atoms with Gasteiger partial charge >= 0.3 is 0 Å². The predicted molar refractivity (Wildman–Crippen MR) is 84.6 cm³/mol. The number of fused-ring (bicyclic) bond motifs is 1. The first kappa shape index (κ1) is 14.8. The Bertz CT molecular complexity index is 674. The summed E-state index contributed by atoms with van der Waals surface area (Å²) < 4.78 is 9.76. The summed E-state index contributed by atoms with van der Waals surface area (Å²) >= 11 is 0. The second kappa shape index (κ2) is 6.05. The molecule has 2 aromatic rings. The zero-order valence-corrected chi connectivity index (χ0v) is 13.9. The number of aryl methyl sites for hydroxylation is 2. The van der Waals surface area contributed by atoms with Crippen molar-refractivity contribution in [1.82, 2.24) is 29.7 Å². The fourth-order valence-electron chi connectivity index (χ4n) is 3.31. The van der Waals surface area contributed by atoms with Crippen LogP contribution in [0.15, 0.2) is 12.4 Å². The third kappa shape index (κ3) is 3.16. The van der Waals surface area contributed by atoms with Crippen molar-refractivity contribution in [2.75, 3.05) is 19.8 Å². The SMILES string of the molecule is Cn1cc(CN2CCc3c(nnn3C)[C@H]2COCC2CC2)cn1. The van der Waals surface area contributed by atoms with Crippen LogP contribution >= 0.6 is 0 Å². The average molecular weight is 316 g/mol. The minimum atomic E-state index is 0.186. The van der Waals surface area contributed by atoms with Crippen molar-refractivity contribution in [2.45, 2.75) is 31.8 Å². The summed E-state index contributed by atoms with van der Waals surface area (Å²) in [7, 11) is 3.93. The summed E-state index contributed by atoms with van der Waals surface area (Å²) in [5, 5.41) is 12.9. The van der Waals surface area contributed by atoms with Crippen LogP contribution in [0.5, 0.6) is 0 Å². The van der Waals surface area contributed by atoms with Crippen molar-refractivity contribution in [2.24, 2.45) is 20.0 Å². The molecule has 7 heteroatoms. The van der Waals surface area contributed by atoms with Crippen LogP contribution in [0.4, 0.5) is 0 Å². The van der Waals surface area contributed by atoms with Crippen molar-refractivity contribution in [3.05, 3.63) is 29.3 Å². The zero-order chi connectivity index (χ0) is 15.8. The third-order valence-corrected chi connectivity index (χ3v) is 4.84. The first-order valence-corrected chi connectivity index (χ1v) is 8.38. The van der Waals surface area contributed by atoms with Crippen molar-refractivity contribution >= 4 is 0 Å². The molecule has 0 N–H and O–H groups in total. The van der Waals surface area contributed by atoms with Gasteiger partial charge in [0.05, 0.1) is 24.5 Å². The van der Waals surface area contributed by atoms with Crippen LogP contribution in [0.3, 0.4) is 0 Å². The van der Waals surface area contributed by atoms with Crippen LogP contribution < -0.4 is 0 Å². The lowest BCUT2D eigenvalue weighted by atomic mass is 10.0. The molecule has 2 aliphatic rings. The Hall–Kier alpha value is -1.73. The van der Waals surface area contributed by atoms with Crippen LogP contribution in [0.1, 0.15) is 35.8 Å². The molecule has 4 rings (SSSR count). The molecule has 0 spiro atoms. The number of hydrogen-bond donors (Lipinski definition) is 0. The lowest BCUT2D eigenvalue weighted by Crippen LogP contribution is -2.38. The Morgan fingerprint density at radius 3 is 2.87 bits per heavy atom. The van der Waals surface area contributed by atoms with E-state index in [1.54, 1.807) is 0 Å². The highest BCUT2D eigenvalue weighted by molar-refractivity contribution is 5.20. The van der Waals surface area contributed by atoms with Crippen molar-refractivity contribution < 1.29 is 4.74 Å². The van der Waals surface area contributed by atoms with E-state index in [1.165, 1.54) is 24.1 Å². The molecule has 0 aromatic carbocycles. The summed E-state index contributed by atoms with van der Waals surface area (Å²) in [5.74, 6) is 0.784. The number of aromatic nitrogens is 5. The maximum absolute atomic E-state index is 6.00. The summed E-state index contributed by atoms with van der Waals surface area (Å²) in [6.45, 7) is 3.46. The van der Waals surface area contributed by atoms with Gasteiger partial charge in [0.25, 0.3) is 0 Å². The van der Waals surface area contributed by atoms with Crippen LogP contribution in [0.25, 0.3) is 0 Å². The molecule has 0 unspecified atom stereocenters. The number of nitrogens with zero attached hydrogens (tertiary/aromatic N) is 6. The normalized spacial score (nSPS) is 21.6. The van der Waals surface area contributed by atoms with Gasteiger partial charge in [0.15, 0.2) is 0 Å². The smallest absolute Gasteiger partial charge is 0.105 e.